The summed E-state index contributed by atoms with van der Waals surface area (Å²) in [4.78, 5) is 36.1. The molecule has 8 nitrogen and oxygen atoms in total. The number of benzene rings is 2. The second kappa shape index (κ2) is 11.4. The quantitative estimate of drug-likeness (QED) is 0.504. The first-order valence-corrected chi connectivity index (χ1v) is 12.1. The molecule has 2 aliphatic carbocycles. The molecule has 0 heterocycles. The van der Waals surface area contributed by atoms with E-state index in [4.69, 9.17) is 9.47 Å². The number of rotatable bonds is 9. The third kappa shape index (κ3) is 6.00. The monoisotopic (exact) mass is 480 g/mol. The number of carboxylic acid groups (broad SMARTS) is 1. The Balaban J connectivity index is 1.24. The number of carbonyl (C=O) groups is 3. The number of amides is 2. The first-order chi connectivity index (χ1) is 17.0. The average molecular weight is 481 g/mol. The van der Waals surface area contributed by atoms with E-state index in [9.17, 15) is 19.5 Å². The van der Waals surface area contributed by atoms with Gasteiger partial charge in [0.1, 0.15) is 6.61 Å². The fraction of sp³-hybridized carbons (Fsp3) is 0.444. The van der Waals surface area contributed by atoms with E-state index in [2.05, 4.69) is 34.9 Å². The predicted molar refractivity (Wildman–Crippen MR) is 130 cm³/mol. The molecule has 0 aromatic heterocycles. The number of methoxy groups -OCH3 is 1. The highest BCUT2D eigenvalue weighted by Gasteiger charge is 2.30. The van der Waals surface area contributed by atoms with Crippen molar-refractivity contribution in [3.8, 4) is 11.1 Å². The fourth-order valence-electron chi connectivity index (χ4n) is 5.12. The predicted octanol–water partition coefficient (Wildman–Crippen LogP) is 3.69. The highest BCUT2D eigenvalue weighted by Crippen LogP contribution is 2.44. The van der Waals surface area contributed by atoms with Gasteiger partial charge >= 0.3 is 12.1 Å². The molecule has 35 heavy (non-hydrogen) atoms. The molecule has 2 amide bonds. The molecule has 4 rings (SSSR count). The third-order valence-corrected chi connectivity index (χ3v) is 6.95. The molecule has 0 spiro atoms. The molecule has 1 saturated carbocycles. The number of carboxylic acids is 1. The summed E-state index contributed by atoms with van der Waals surface area (Å²) in [5.41, 5.74) is 4.60. The first-order valence-electron chi connectivity index (χ1n) is 12.1. The van der Waals surface area contributed by atoms with Crippen LogP contribution in [-0.2, 0) is 19.1 Å². The van der Waals surface area contributed by atoms with Crippen LogP contribution in [0.4, 0.5) is 4.79 Å². The summed E-state index contributed by atoms with van der Waals surface area (Å²) in [5, 5.41) is 14.8. The number of carbonyl (C=O) groups excluding carboxylic acids is 2. The van der Waals surface area contributed by atoms with Crippen molar-refractivity contribution in [3.63, 3.8) is 0 Å². The van der Waals surface area contributed by atoms with Gasteiger partial charge in [-0.3, -0.25) is 9.59 Å². The van der Waals surface area contributed by atoms with Gasteiger partial charge in [0.15, 0.2) is 0 Å². The molecule has 0 saturated heterocycles. The molecule has 186 valence electrons. The lowest BCUT2D eigenvalue weighted by atomic mass is 9.85. The van der Waals surface area contributed by atoms with Crippen molar-refractivity contribution >= 4 is 18.0 Å². The van der Waals surface area contributed by atoms with Crippen LogP contribution < -0.4 is 10.6 Å². The van der Waals surface area contributed by atoms with Crippen molar-refractivity contribution in [2.24, 2.45) is 5.92 Å². The van der Waals surface area contributed by atoms with Crippen LogP contribution in [-0.4, -0.2) is 55.5 Å². The number of nitrogens with one attached hydrogen (secondary N) is 2. The number of alkyl carbamates (subject to hydrolysis) is 1. The van der Waals surface area contributed by atoms with E-state index < -0.39 is 24.1 Å². The standard InChI is InChI=1S/C27H32N2O6/c1-34-19(14-25(30)29-18-8-6-7-17(13-18)26(31)32)15-28-27(33)35-16-24-22-11-4-2-9-20(22)21-10-3-5-12-23(21)24/h2-5,9-12,17-19,24H,6-8,13-16H2,1H3,(H,28,33)(H,29,30)(H,31,32)/t17-,18+,19?/m0/s1. The van der Waals surface area contributed by atoms with Gasteiger partial charge in [0.2, 0.25) is 5.91 Å². The molecular formula is C27H32N2O6. The highest BCUT2D eigenvalue weighted by molar-refractivity contribution is 5.79. The van der Waals surface area contributed by atoms with E-state index in [-0.39, 0.29) is 37.4 Å². The Labute approximate surface area is 205 Å². The van der Waals surface area contributed by atoms with Gasteiger partial charge in [0.05, 0.1) is 18.4 Å². The van der Waals surface area contributed by atoms with Crippen molar-refractivity contribution in [1.29, 1.82) is 0 Å². The molecule has 3 N–H and O–H groups in total. The molecule has 0 aliphatic heterocycles. The molecule has 1 fully saturated rings. The summed E-state index contributed by atoms with van der Waals surface area (Å²) in [7, 11) is 1.48. The normalized spacial score (nSPS) is 19.8. The Bertz CT molecular complexity index is 1030. The van der Waals surface area contributed by atoms with Crippen molar-refractivity contribution in [1.82, 2.24) is 10.6 Å². The van der Waals surface area contributed by atoms with Crippen LogP contribution in [0.2, 0.25) is 0 Å². The molecule has 2 aliphatic rings. The maximum absolute atomic E-state index is 12.5. The minimum Gasteiger partial charge on any atom is -0.481 e. The minimum absolute atomic E-state index is 0.0257. The molecule has 2 aromatic rings. The summed E-state index contributed by atoms with van der Waals surface area (Å²) in [6.45, 7) is 0.341. The molecule has 2 aromatic carbocycles. The molecular weight excluding hydrogens is 448 g/mol. The Hall–Kier alpha value is -3.39. The number of hydrogen-bond donors (Lipinski definition) is 3. The van der Waals surface area contributed by atoms with Crippen LogP contribution in [0.3, 0.4) is 0 Å². The van der Waals surface area contributed by atoms with Crippen LogP contribution in [0.1, 0.15) is 49.1 Å². The van der Waals surface area contributed by atoms with Gasteiger partial charge in [-0.25, -0.2) is 4.79 Å². The van der Waals surface area contributed by atoms with Crippen LogP contribution >= 0.6 is 0 Å². The van der Waals surface area contributed by atoms with Crippen LogP contribution in [0.15, 0.2) is 48.5 Å². The van der Waals surface area contributed by atoms with E-state index in [1.54, 1.807) is 0 Å². The third-order valence-electron chi connectivity index (χ3n) is 6.95. The largest absolute Gasteiger partial charge is 0.481 e. The van der Waals surface area contributed by atoms with Crippen molar-refractivity contribution < 1.29 is 29.0 Å². The van der Waals surface area contributed by atoms with Gasteiger partial charge in [0, 0.05) is 25.6 Å². The first kappa shape index (κ1) is 24.7. The van der Waals surface area contributed by atoms with Crippen LogP contribution in [0.25, 0.3) is 11.1 Å². The lowest BCUT2D eigenvalue weighted by Gasteiger charge is -2.28. The molecule has 8 heteroatoms. The van der Waals surface area contributed by atoms with E-state index in [1.165, 1.54) is 7.11 Å². The van der Waals surface area contributed by atoms with Crippen LogP contribution in [0.5, 0.6) is 0 Å². The van der Waals surface area contributed by atoms with E-state index in [0.29, 0.717) is 12.8 Å². The summed E-state index contributed by atoms with van der Waals surface area (Å²) in [6.07, 6.45) is 1.61. The van der Waals surface area contributed by atoms with Gasteiger partial charge in [-0.2, -0.15) is 0 Å². The zero-order valence-electron chi connectivity index (χ0n) is 19.9. The van der Waals surface area contributed by atoms with Gasteiger partial charge in [0.25, 0.3) is 0 Å². The Morgan fingerprint density at radius 3 is 2.31 bits per heavy atom. The lowest BCUT2D eigenvalue weighted by Crippen LogP contribution is -2.43. The Morgan fingerprint density at radius 2 is 1.69 bits per heavy atom. The van der Waals surface area contributed by atoms with E-state index in [1.807, 2.05) is 24.3 Å². The fourth-order valence-corrected chi connectivity index (χ4v) is 5.12. The molecule has 0 bridgehead atoms. The lowest BCUT2D eigenvalue weighted by molar-refractivity contribution is -0.143. The smallest absolute Gasteiger partial charge is 0.407 e. The van der Waals surface area contributed by atoms with Gasteiger partial charge < -0.3 is 25.2 Å². The van der Waals surface area contributed by atoms with E-state index >= 15 is 0 Å². The highest BCUT2D eigenvalue weighted by atomic mass is 16.5. The minimum atomic E-state index is -0.814. The topological polar surface area (TPSA) is 114 Å². The zero-order chi connectivity index (χ0) is 24.8. The maximum Gasteiger partial charge on any atom is 0.407 e. The summed E-state index contributed by atoms with van der Waals surface area (Å²) < 4.78 is 10.9. The van der Waals surface area contributed by atoms with E-state index in [0.717, 1.165) is 35.1 Å². The van der Waals surface area contributed by atoms with Crippen LogP contribution in [0, 0.1) is 5.92 Å². The number of ether oxygens (including phenoxy) is 2. The summed E-state index contributed by atoms with van der Waals surface area (Å²) in [6, 6.07) is 16.1. The Morgan fingerprint density at radius 1 is 1.03 bits per heavy atom. The number of hydrogen-bond acceptors (Lipinski definition) is 5. The number of fused-ring (bicyclic) bond motifs is 3. The second-order valence-electron chi connectivity index (χ2n) is 9.23. The van der Waals surface area contributed by atoms with Crippen molar-refractivity contribution in [2.75, 3.05) is 20.3 Å². The van der Waals surface area contributed by atoms with Gasteiger partial charge in [-0.05, 0) is 41.5 Å². The summed E-state index contributed by atoms with van der Waals surface area (Å²) in [5.74, 6) is -1.47. The Kier molecular flexibility index (Phi) is 8.02. The maximum atomic E-state index is 12.5. The summed E-state index contributed by atoms with van der Waals surface area (Å²) >= 11 is 0. The van der Waals surface area contributed by atoms with Crippen molar-refractivity contribution in [2.45, 2.75) is 50.2 Å². The number of aliphatic carboxylic acids is 1. The zero-order valence-corrected chi connectivity index (χ0v) is 19.9. The van der Waals surface area contributed by atoms with Gasteiger partial charge in [-0.15, -0.1) is 0 Å². The molecule has 1 unspecified atom stereocenters. The SMILES string of the molecule is COC(CNC(=O)OCC1c2ccccc2-c2ccccc21)CC(=O)N[C@@H]1CCC[C@H](C(=O)O)C1. The second-order valence-corrected chi connectivity index (χ2v) is 9.23. The average Bonchev–Trinajstić information content (AvgIpc) is 3.19. The van der Waals surface area contributed by atoms with Gasteiger partial charge in [-0.1, -0.05) is 55.0 Å². The van der Waals surface area contributed by atoms with Crippen molar-refractivity contribution in [3.05, 3.63) is 59.7 Å². The molecule has 0 radical (unpaired) electrons. The molecule has 3 atom stereocenters.